The molecule has 3 aromatic rings. The van der Waals surface area contributed by atoms with Crippen molar-refractivity contribution in [3.8, 4) is 17.0 Å². The number of nitrogen functional groups attached to an aromatic ring is 1. The highest BCUT2D eigenvalue weighted by Gasteiger charge is 2.27. The van der Waals surface area contributed by atoms with Gasteiger partial charge in [-0.3, -0.25) is 5.32 Å². The number of nitrogens with two attached hydrogens (primary N) is 1. The van der Waals surface area contributed by atoms with Crippen LogP contribution >= 0.6 is 0 Å². The van der Waals surface area contributed by atoms with Crippen LogP contribution in [0.4, 0.5) is 16.2 Å². The van der Waals surface area contributed by atoms with Crippen molar-refractivity contribution in [2.24, 2.45) is 5.92 Å². The van der Waals surface area contributed by atoms with Crippen LogP contribution in [0.1, 0.15) is 51.5 Å². The van der Waals surface area contributed by atoms with Crippen molar-refractivity contribution in [2.75, 3.05) is 24.3 Å². The zero-order chi connectivity index (χ0) is 22.1. The van der Waals surface area contributed by atoms with Crippen molar-refractivity contribution in [2.45, 2.75) is 51.5 Å². The smallest absolute Gasteiger partial charge is 0.411 e. The van der Waals surface area contributed by atoms with Crippen LogP contribution in [-0.2, 0) is 4.74 Å². The molecule has 2 fully saturated rings. The lowest BCUT2D eigenvalue weighted by Crippen LogP contribution is -2.22. The number of anilines is 2. The standard InChI is InChI=1S/C26H31N3O3/c1-2-31-21-13-14-23-22(15-21)24(27)25(29(23)20-7-4-8-20)18-9-11-19(12-10-18)28-26(30)32-16-17-5-3-6-17/h9-15,17,20H,2-8,16,27H2,1H3,(H,28,30). The van der Waals surface area contributed by atoms with E-state index in [-0.39, 0.29) is 0 Å². The average Bonchev–Trinajstić information content (AvgIpc) is 2.98. The molecule has 0 atom stereocenters. The van der Waals surface area contributed by atoms with Crippen molar-refractivity contribution in [1.82, 2.24) is 4.57 Å². The van der Waals surface area contributed by atoms with Gasteiger partial charge in [0.15, 0.2) is 0 Å². The first-order valence-corrected chi connectivity index (χ1v) is 11.7. The Morgan fingerprint density at radius 1 is 1.09 bits per heavy atom. The van der Waals surface area contributed by atoms with Gasteiger partial charge in [0, 0.05) is 22.7 Å². The minimum atomic E-state index is -0.392. The van der Waals surface area contributed by atoms with Crippen LogP contribution in [0.3, 0.4) is 0 Å². The zero-order valence-electron chi connectivity index (χ0n) is 18.6. The van der Waals surface area contributed by atoms with E-state index in [4.69, 9.17) is 15.2 Å². The van der Waals surface area contributed by atoms with Crippen LogP contribution in [-0.4, -0.2) is 23.9 Å². The SMILES string of the molecule is CCOc1ccc2c(c1)c(N)c(-c1ccc(NC(=O)OCC3CCC3)cc1)n2C1CCC1. The molecule has 1 heterocycles. The Morgan fingerprint density at radius 3 is 2.47 bits per heavy atom. The fourth-order valence-corrected chi connectivity index (χ4v) is 4.61. The second-order valence-corrected chi connectivity index (χ2v) is 8.93. The zero-order valence-corrected chi connectivity index (χ0v) is 18.6. The maximum absolute atomic E-state index is 12.1. The highest BCUT2D eigenvalue weighted by Crippen LogP contribution is 2.44. The van der Waals surface area contributed by atoms with Gasteiger partial charge in [-0.1, -0.05) is 18.6 Å². The maximum atomic E-state index is 12.1. The van der Waals surface area contributed by atoms with E-state index in [1.54, 1.807) is 0 Å². The van der Waals surface area contributed by atoms with E-state index in [1.165, 1.54) is 12.8 Å². The van der Waals surface area contributed by atoms with Gasteiger partial charge in [0.05, 0.1) is 30.1 Å². The number of benzene rings is 2. The average molecular weight is 434 g/mol. The predicted molar refractivity (Wildman–Crippen MR) is 128 cm³/mol. The maximum Gasteiger partial charge on any atom is 0.411 e. The van der Waals surface area contributed by atoms with Crippen LogP contribution in [0, 0.1) is 5.92 Å². The molecule has 168 valence electrons. The number of amides is 1. The van der Waals surface area contributed by atoms with Crippen molar-refractivity contribution < 1.29 is 14.3 Å². The van der Waals surface area contributed by atoms with E-state index in [0.29, 0.717) is 25.2 Å². The number of hydrogen-bond acceptors (Lipinski definition) is 4. The highest BCUT2D eigenvalue weighted by atomic mass is 16.5. The lowest BCUT2D eigenvalue weighted by Gasteiger charge is -2.30. The van der Waals surface area contributed by atoms with Crippen LogP contribution in [0.5, 0.6) is 5.75 Å². The summed E-state index contributed by atoms with van der Waals surface area (Å²) in [6.07, 6.45) is 6.73. The molecular weight excluding hydrogens is 402 g/mol. The van der Waals surface area contributed by atoms with Gasteiger partial charge < -0.3 is 19.8 Å². The number of nitrogens with one attached hydrogen (secondary N) is 1. The molecule has 0 aliphatic heterocycles. The third kappa shape index (κ3) is 3.90. The van der Waals surface area contributed by atoms with Gasteiger partial charge in [-0.2, -0.15) is 0 Å². The van der Waals surface area contributed by atoms with Crippen molar-refractivity contribution in [3.63, 3.8) is 0 Å². The number of fused-ring (bicyclic) bond motifs is 1. The molecule has 0 unspecified atom stereocenters. The van der Waals surface area contributed by atoms with Crippen LogP contribution in [0.15, 0.2) is 42.5 Å². The summed E-state index contributed by atoms with van der Waals surface area (Å²) in [5.41, 5.74) is 11.4. The second-order valence-electron chi connectivity index (χ2n) is 8.93. The van der Waals surface area contributed by atoms with Gasteiger partial charge >= 0.3 is 6.09 Å². The van der Waals surface area contributed by atoms with E-state index in [0.717, 1.165) is 65.0 Å². The Labute approximate surface area is 188 Å². The summed E-state index contributed by atoms with van der Waals surface area (Å²) in [5, 5.41) is 3.86. The normalized spacial score (nSPS) is 16.4. The Bertz CT molecular complexity index is 1110. The summed E-state index contributed by atoms with van der Waals surface area (Å²) < 4.78 is 13.4. The minimum absolute atomic E-state index is 0.392. The van der Waals surface area contributed by atoms with Crippen LogP contribution in [0.25, 0.3) is 22.2 Å². The Hall–Kier alpha value is -3.15. The summed E-state index contributed by atoms with van der Waals surface area (Å²) in [6.45, 7) is 3.11. The van der Waals surface area contributed by atoms with Gasteiger partial charge in [-0.25, -0.2) is 4.79 Å². The second kappa shape index (κ2) is 8.77. The van der Waals surface area contributed by atoms with Crippen molar-refractivity contribution >= 4 is 28.4 Å². The molecule has 5 rings (SSSR count). The molecule has 0 bridgehead atoms. The molecule has 6 heteroatoms. The molecule has 2 saturated carbocycles. The fraction of sp³-hybridized carbons (Fsp3) is 0.423. The number of aromatic nitrogens is 1. The van der Waals surface area contributed by atoms with Crippen molar-refractivity contribution in [3.05, 3.63) is 42.5 Å². The van der Waals surface area contributed by atoms with Gasteiger partial charge in [-0.15, -0.1) is 0 Å². The molecule has 2 aromatic carbocycles. The number of ether oxygens (including phenoxy) is 2. The van der Waals surface area contributed by atoms with Gasteiger partial charge in [0.25, 0.3) is 0 Å². The van der Waals surface area contributed by atoms with E-state index >= 15 is 0 Å². The number of carbonyl (C=O) groups is 1. The predicted octanol–water partition coefficient (Wildman–Crippen LogP) is 6.36. The van der Waals surface area contributed by atoms with E-state index < -0.39 is 6.09 Å². The molecule has 6 nitrogen and oxygen atoms in total. The van der Waals surface area contributed by atoms with Crippen molar-refractivity contribution in [1.29, 1.82) is 0 Å². The monoisotopic (exact) mass is 433 g/mol. The Kier molecular flexibility index (Phi) is 5.68. The number of nitrogens with zero attached hydrogens (tertiary/aromatic N) is 1. The molecule has 2 aliphatic carbocycles. The molecule has 2 aliphatic rings. The van der Waals surface area contributed by atoms with Gasteiger partial charge in [0.1, 0.15) is 5.75 Å². The summed E-state index contributed by atoms with van der Waals surface area (Å²) >= 11 is 0. The largest absolute Gasteiger partial charge is 0.494 e. The summed E-state index contributed by atoms with van der Waals surface area (Å²) in [4.78, 5) is 12.1. The first kappa shape index (κ1) is 20.7. The van der Waals surface area contributed by atoms with E-state index in [1.807, 2.05) is 43.3 Å². The molecule has 0 radical (unpaired) electrons. The van der Waals surface area contributed by atoms with Crippen LogP contribution < -0.4 is 15.8 Å². The lowest BCUT2D eigenvalue weighted by molar-refractivity contribution is 0.115. The first-order chi connectivity index (χ1) is 15.6. The Balaban J connectivity index is 1.41. The highest BCUT2D eigenvalue weighted by molar-refractivity contribution is 6.02. The summed E-state index contributed by atoms with van der Waals surface area (Å²) in [6, 6.07) is 14.5. The Morgan fingerprint density at radius 2 is 1.84 bits per heavy atom. The molecule has 1 aromatic heterocycles. The van der Waals surface area contributed by atoms with Gasteiger partial charge in [0.2, 0.25) is 0 Å². The van der Waals surface area contributed by atoms with E-state index in [9.17, 15) is 4.79 Å². The topological polar surface area (TPSA) is 78.5 Å². The number of hydrogen-bond donors (Lipinski definition) is 2. The lowest BCUT2D eigenvalue weighted by atomic mass is 9.86. The molecule has 3 N–H and O–H groups in total. The molecular formula is C26H31N3O3. The third-order valence-electron chi connectivity index (χ3n) is 6.84. The quantitative estimate of drug-likeness (QED) is 0.454. The molecule has 0 saturated heterocycles. The first-order valence-electron chi connectivity index (χ1n) is 11.7. The van der Waals surface area contributed by atoms with Gasteiger partial charge in [-0.05, 0) is 75.3 Å². The molecule has 32 heavy (non-hydrogen) atoms. The molecule has 1 amide bonds. The minimum Gasteiger partial charge on any atom is -0.494 e. The number of carbonyl (C=O) groups excluding carboxylic acids is 1. The fourth-order valence-electron chi connectivity index (χ4n) is 4.61. The number of rotatable bonds is 7. The van der Waals surface area contributed by atoms with Crippen LogP contribution in [0.2, 0.25) is 0 Å². The molecule has 0 spiro atoms. The third-order valence-corrected chi connectivity index (χ3v) is 6.84. The summed E-state index contributed by atoms with van der Waals surface area (Å²) in [5.74, 6) is 1.37. The van der Waals surface area contributed by atoms with E-state index in [2.05, 4.69) is 16.0 Å². The summed E-state index contributed by atoms with van der Waals surface area (Å²) in [7, 11) is 0.